The van der Waals surface area contributed by atoms with Crippen LogP contribution in [0.4, 0.5) is 10.3 Å². The van der Waals surface area contributed by atoms with Gasteiger partial charge in [0.25, 0.3) is 0 Å². The van der Waals surface area contributed by atoms with E-state index in [0.29, 0.717) is 0 Å². The smallest absolute Gasteiger partial charge is 0.387 e. The highest BCUT2D eigenvalue weighted by molar-refractivity contribution is 7.66. The molecule has 3 unspecified atom stereocenters. The summed E-state index contributed by atoms with van der Waals surface area (Å²) in [5.41, 5.74) is 10.0. The Morgan fingerprint density at radius 3 is 2.51 bits per heavy atom. The molecule has 0 amide bonds. The van der Waals surface area contributed by atoms with Crippen LogP contribution in [0, 0.1) is 11.8 Å². The van der Waals surface area contributed by atoms with Crippen LogP contribution >= 0.6 is 23.5 Å². The molecule has 6 atom stereocenters. The number of halogens is 1. The van der Waals surface area contributed by atoms with Crippen LogP contribution in [0.1, 0.15) is 6.23 Å². The lowest BCUT2D eigenvalue weighted by Gasteiger charge is -2.27. The predicted octanol–water partition coefficient (Wildman–Crippen LogP) is -1.32. The summed E-state index contributed by atoms with van der Waals surface area (Å²) in [6, 6.07) is 0. The summed E-state index contributed by atoms with van der Waals surface area (Å²) in [5, 5.41) is 10.7. The number of phosphoric ester groups is 1. The molecule has 0 saturated carbocycles. The predicted molar refractivity (Wildman–Crippen MR) is 110 cm³/mol. The molecule has 22 heteroatoms. The minimum absolute atomic E-state index is 0.0834. The molecule has 0 bridgehead atoms. The topological polar surface area (TPSA) is 285 Å². The van der Waals surface area contributed by atoms with Gasteiger partial charge in [0.1, 0.15) is 24.4 Å². The second-order valence-electron chi connectivity index (χ2n) is 6.82. The summed E-state index contributed by atoms with van der Waals surface area (Å²) >= 11 is 0. The lowest BCUT2D eigenvalue weighted by Crippen LogP contribution is -2.53. The normalized spacial score (nSPS) is 28.3. The van der Waals surface area contributed by atoms with Crippen molar-refractivity contribution in [3.05, 3.63) is 12.5 Å². The first kappa shape index (κ1) is 27.7. The van der Waals surface area contributed by atoms with E-state index < -0.39 is 60.7 Å². The van der Waals surface area contributed by atoms with Gasteiger partial charge in [0.2, 0.25) is 5.95 Å². The van der Waals surface area contributed by atoms with Gasteiger partial charge >= 0.3 is 23.5 Å². The lowest BCUT2D eigenvalue weighted by molar-refractivity contribution is -0.0438. The Hall–Kier alpha value is -1.87. The van der Waals surface area contributed by atoms with Crippen LogP contribution in [0.2, 0.25) is 0 Å². The Morgan fingerprint density at radius 1 is 1.20 bits per heavy atom. The first-order valence-corrected chi connectivity index (χ1v) is 13.5. The molecular formula is C13H18FN6O12P3. The Balaban J connectivity index is 1.85. The van der Waals surface area contributed by atoms with Crippen molar-refractivity contribution < 1.29 is 60.6 Å². The molecule has 3 heterocycles. The number of aliphatic hydroxyl groups is 1. The van der Waals surface area contributed by atoms with E-state index in [9.17, 15) is 33.0 Å². The fraction of sp³-hybridized carbons (Fsp3) is 0.462. The largest absolute Gasteiger partial charge is 0.490 e. The molecule has 1 fully saturated rings. The van der Waals surface area contributed by atoms with Crippen molar-refractivity contribution in [2.24, 2.45) is 5.73 Å². The van der Waals surface area contributed by atoms with Crippen molar-refractivity contribution in [2.75, 3.05) is 19.0 Å². The SMILES string of the molecule is Nc1ncc2ncn([C@@H]3O[C@H](COP(=O)(O)OP(=O)(O)OP(=O)(O)O)[C@H](O)C3(N)C#CCF)c2n1. The second-order valence-corrected chi connectivity index (χ2v) is 11.2. The fourth-order valence-electron chi connectivity index (χ4n) is 3.04. The average molecular weight is 562 g/mol. The number of anilines is 1. The first-order valence-electron chi connectivity index (χ1n) is 8.99. The number of alkyl halides is 1. The number of hydrogen-bond acceptors (Lipinski definition) is 13. The van der Waals surface area contributed by atoms with E-state index in [2.05, 4.69) is 39.9 Å². The van der Waals surface area contributed by atoms with E-state index in [0.717, 1.165) is 0 Å². The molecule has 3 rings (SSSR count). The lowest BCUT2D eigenvalue weighted by atomic mass is 9.91. The highest BCUT2D eigenvalue weighted by Crippen LogP contribution is 2.66. The Bertz CT molecular complexity index is 1310. The Labute approximate surface area is 194 Å². The van der Waals surface area contributed by atoms with Crippen LogP contribution in [0.5, 0.6) is 0 Å². The summed E-state index contributed by atoms with van der Waals surface area (Å²) in [4.78, 5) is 47.8. The Kier molecular flexibility index (Phi) is 7.83. The monoisotopic (exact) mass is 562 g/mol. The van der Waals surface area contributed by atoms with Crippen molar-refractivity contribution in [3.8, 4) is 11.8 Å². The number of rotatable bonds is 8. The summed E-state index contributed by atoms with van der Waals surface area (Å²) in [5.74, 6) is 4.21. The van der Waals surface area contributed by atoms with Gasteiger partial charge in [-0.2, -0.15) is 13.6 Å². The maximum absolute atomic E-state index is 12.8. The number of nitrogens with two attached hydrogens (primary N) is 2. The van der Waals surface area contributed by atoms with Gasteiger partial charge in [0.15, 0.2) is 17.4 Å². The summed E-state index contributed by atoms with van der Waals surface area (Å²) < 4.78 is 65.4. The number of nitrogens with zero attached hydrogens (tertiary/aromatic N) is 4. The quantitative estimate of drug-likeness (QED) is 0.145. The van der Waals surface area contributed by atoms with Gasteiger partial charge in [-0.25, -0.2) is 28.1 Å². The van der Waals surface area contributed by atoms with Crippen molar-refractivity contribution in [2.45, 2.75) is 24.0 Å². The van der Waals surface area contributed by atoms with Gasteiger partial charge in [0.05, 0.1) is 19.1 Å². The third-order valence-corrected chi connectivity index (χ3v) is 8.13. The third-order valence-electron chi connectivity index (χ3n) is 4.33. The van der Waals surface area contributed by atoms with Gasteiger partial charge in [0, 0.05) is 0 Å². The molecule has 9 N–H and O–H groups in total. The summed E-state index contributed by atoms with van der Waals surface area (Å²) in [6.07, 6.45) is -2.39. The van der Waals surface area contributed by atoms with Crippen LogP contribution in [0.3, 0.4) is 0 Å². The van der Waals surface area contributed by atoms with E-state index in [1.165, 1.54) is 17.1 Å². The summed E-state index contributed by atoms with van der Waals surface area (Å²) in [7, 11) is -16.9. The molecule has 1 saturated heterocycles. The van der Waals surface area contributed by atoms with E-state index in [-0.39, 0.29) is 17.1 Å². The molecule has 0 radical (unpaired) electrons. The zero-order valence-corrected chi connectivity index (χ0v) is 19.7. The van der Waals surface area contributed by atoms with Crippen LogP contribution in [-0.4, -0.2) is 75.2 Å². The van der Waals surface area contributed by atoms with Crippen molar-refractivity contribution in [3.63, 3.8) is 0 Å². The Morgan fingerprint density at radius 2 is 1.89 bits per heavy atom. The van der Waals surface area contributed by atoms with Crippen molar-refractivity contribution >= 4 is 40.6 Å². The number of fused-ring (bicyclic) bond motifs is 1. The zero-order valence-electron chi connectivity index (χ0n) is 17.1. The highest BCUT2D eigenvalue weighted by atomic mass is 31.3. The van der Waals surface area contributed by atoms with Gasteiger partial charge in [-0.1, -0.05) is 11.8 Å². The maximum Gasteiger partial charge on any atom is 0.490 e. The van der Waals surface area contributed by atoms with Crippen molar-refractivity contribution in [1.82, 2.24) is 19.5 Å². The molecule has 18 nitrogen and oxygen atoms in total. The zero-order chi connectivity index (χ0) is 26.2. The fourth-order valence-corrected chi connectivity index (χ4v) is 6.07. The second kappa shape index (κ2) is 9.88. The van der Waals surface area contributed by atoms with Crippen LogP contribution < -0.4 is 11.5 Å². The molecule has 1 aliphatic heterocycles. The standard InChI is InChI=1S/C13H18FN6O12P3/c14-3-1-2-13(16)9(21)8(5-29-34(25,26)32-35(27,28)31-33(22,23)24)30-11(13)20-6-18-7-4-17-12(15)19-10(7)20/h4,6,8-9,11,21H,3,5,16H2,(H,25,26)(H,27,28)(H2,15,17,19)(H2,22,23,24)/t8-,9+,11-,13?/m1/s1. The minimum atomic E-state index is -5.77. The van der Waals surface area contributed by atoms with Gasteiger partial charge in [-0.3, -0.25) is 9.09 Å². The number of ether oxygens (including phenoxy) is 1. The molecule has 0 aromatic carbocycles. The number of nitrogen functional groups attached to an aromatic ring is 1. The van der Waals surface area contributed by atoms with E-state index in [1.54, 1.807) is 0 Å². The summed E-state index contributed by atoms with van der Waals surface area (Å²) in [6.45, 7) is -2.19. The number of aromatic nitrogens is 4. The number of phosphoric acid groups is 3. The van der Waals surface area contributed by atoms with E-state index in [1.807, 2.05) is 0 Å². The number of imidazole rings is 1. The average Bonchev–Trinajstić information content (AvgIpc) is 3.21. The minimum Gasteiger partial charge on any atom is -0.387 e. The third kappa shape index (κ3) is 6.47. The molecule has 194 valence electrons. The molecule has 35 heavy (non-hydrogen) atoms. The molecule has 1 aliphatic rings. The van der Waals surface area contributed by atoms with Gasteiger partial charge in [-0.15, -0.1) is 0 Å². The molecule has 0 aliphatic carbocycles. The van der Waals surface area contributed by atoms with Crippen LogP contribution in [-0.2, 0) is 31.6 Å². The van der Waals surface area contributed by atoms with E-state index >= 15 is 0 Å². The number of aliphatic hydroxyl groups excluding tert-OH is 1. The highest BCUT2D eigenvalue weighted by Gasteiger charge is 2.55. The molecule has 2 aromatic heterocycles. The van der Waals surface area contributed by atoms with Crippen LogP contribution in [0.25, 0.3) is 11.2 Å². The van der Waals surface area contributed by atoms with Gasteiger partial charge in [-0.05, 0) is 0 Å². The number of hydrogen-bond donors (Lipinski definition) is 7. The molecule has 0 spiro atoms. The first-order chi connectivity index (χ1) is 16.1. The van der Waals surface area contributed by atoms with E-state index in [4.69, 9.17) is 26.0 Å². The van der Waals surface area contributed by atoms with Gasteiger partial charge < -0.3 is 40.9 Å². The van der Waals surface area contributed by atoms with Crippen molar-refractivity contribution in [1.29, 1.82) is 0 Å². The maximum atomic E-state index is 12.8. The van der Waals surface area contributed by atoms with Crippen LogP contribution in [0.15, 0.2) is 12.5 Å². The molecular weight excluding hydrogens is 544 g/mol. The molecule has 2 aromatic rings.